The minimum Gasteiger partial charge on any atom is -0.493 e. The Hall–Kier alpha value is -3.83. The second-order valence-electron chi connectivity index (χ2n) is 6.92. The summed E-state index contributed by atoms with van der Waals surface area (Å²) < 4.78 is 48.4. The molecule has 0 radical (unpaired) electrons. The van der Waals surface area contributed by atoms with Crippen molar-refractivity contribution in [3.05, 3.63) is 72.2 Å². The monoisotopic (exact) mass is 487 g/mol. The van der Waals surface area contributed by atoms with Crippen LogP contribution >= 0.6 is 0 Å². The Morgan fingerprint density at radius 2 is 1.71 bits per heavy atom. The fraction of sp³-hybridized carbons (Fsp3) is 0.217. The Kier molecular flexibility index (Phi) is 8.28. The van der Waals surface area contributed by atoms with Gasteiger partial charge in [-0.2, -0.15) is 9.41 Å². The summed E-state index contributed by atoms with van der Waals surface area (Å²) in [5.74, 6) is 1.04. The smallest absolute Gasteiger partial charge is 0.255 e. The summed E-state index contributed by atoms with van der Waals surface area (Å²) in [6.45, 7) is -0.585. The Bertz CT molecular complexity index is 1200. The van der Waals surface area contributed by atoms with Gasteiger partial charge >= 0.3 is 0 Å². The highest BCUT2D eigenvalue weighted by molar-refractivity contribution is 7.89. The van der Waals surface area contributed by atoms with E-state index in [0.29, 0.717) is 28.6 Å². The van der Waals surface area contributed by atoms with E-state index in [1.165, 1.54) is 45.9 Å². The van der Waals surface area contributed by atoms with Crippen LogP contribution in [0.25, 0.3) is 0 Å². The molecule has 0 unspecified atom stereocenters. The first-order chi connectivity index (χ1) is 16.4. The van der Waals surface area contributed by atoms with Gasteiger partial charge in [-0.25, -0.2) is 13.8 Å². The van der Waals surface area contributed by atoms with Crippen LogP contribution in [0.4, 0.5) is 0 Å². The number of methoxy groups -OCH3 is 3. The topological polar surface area (TPSA) is 120 Å². The van der Waals surface area contributed by atoms with Crippen LogP contribution in [-0.2, 0) is 21.4 Å². The summed E-state index contributed by atoms with van der Waals surface area (Å²) in [4.78, 5) is 12.6. The van der Waals surface area contributed by atoms with Gasteiger partial charge in [0.2, 0.25) is 15.8 Å². The molecule has 0 saturated carbocycles. The maximum atomic E-state index is 13.1. The standard InChI is InChI=1S/C23H25N3O7S/c1-30-20-12-17(13-21(31-2)23(20)32-3)14-24-25-22(27)16-26(15-18-8-7-11-33-18)34(28,29)19-9-5-4-6-10-19/h4-14H,15-16H2,1-3H3,(H,25,27)/b24-14+. The number of sulfonamides is 1. The van der Waals surface area contributed by atoms with Crippen molar-refractivity contribution in [2.75, 3.05) is 27.9 Å². The molecule has 2 aromatic carbocycles. The molecule has 0 bridgehead atoms. The molecule has 34 heavy (non-hydrogen) atoms. The van der Waals surface area contributed by atoms with Crippen molar-refractivity contribution in [2.24, 2.45) is 5.10 Å². The van der Waals surface area contributed by atoms with Gasteiger partial charge in [0.15, 0.2) is 11.5 Å². The number of carbonyl (C=O) groups excluding carboxylic acids is 1. The first kappa shape index (κ1) is 24.8. The molecule has 1 amide bonds. The number of rotatable bonds is 11. The fourth-order valence-electron chi connectivity index (χ4n) is 3.09. The minimum absolute atomic E-state index is 0.0651. The summed E-state index contributed by atoms with van der Waals surface area (Å²) in [7, 11) is 0.505. The lowest BCUT2D eigenvalue weighted by molar-refractivity contribution is -0.121. The van der Waals surface area contributed by atoms with Gasteiger partial charge in [0, 0.05) is 5.56 Å². The van der Waals surface area contributed by atoms with Crippen LogP contribution in [0.1, 0.15) is 11.3 Å². The number of amides is 1. The average Bonchev–Trinajstić information content (AvgIpc) is 3.36. The molecule has 11 heteroatoms. The van der Waals surface area contributed by atoms with Crippen LogP contribution in [0.2, 0.25) is 0 Å². The van der Waals surface area contributed by atoms with Gasteiger partial charge in [0.1, 0.15) is 5.76 Å². The van der Waals surface area contributed by atoms with Gasteiger partial charge < -0.3 is 18.6 Å². The number of ether oxygens (including phenoxy) is 3. The van der Waals surface area contributed by atoms with E-state index in [1.54, 1.807) is 42.5 Å². The van der Waals surface area contributed by atoms with Crippen molar-refractivity contribution in [3.8, 4) is 17.2 Å². The van der Waals surface area contributed by atoms with Crippen molar-refractivity contribution < 1.29 is 31.8 Å². The Balaban J connectivity index is 1.75. The van der Waals surface area contributed by atoms with E-state index in [9.17, 15) is 13.2 Å². The maximum absolute atomic E-state index is 13.1. The number of furan rings is 1. The second-order valence-corrected chi connectivity index (χ2v) is 8.86. The van der Waals surface area contributed by atoms with Crippen LogP contribution < -0.4 is 19.6 Å². The van der Waals surface area contributed by atoms with E-state index in [2.05, 4.69) is 10.5 Å². The molecule has 0 fully saturated rings. The second kappa shape index (κ2) is 11.3. The van der Waals surface area contributed by atoms with Crippen molar-refractivity contribution in [1.29, 1.82) is 0 Å². The normalized spacial score (nSPS) is 11.5. The average molecular weight is 488 g/mol. The zero-order chi connectivity index (χ0) is 24.6. The highest BCUT2D eigenvalue weighted by atomic mass is 32.2. The summed E-state index contributed by atoms with van der Waals surface area (Å²) >= 11 is 0. The van der Waals surface area contributed by atoms with E-state index in [0.717, 1.165) is 4.31 Å². The molecule has 0 saturated heterocycles. The van der Waals surface area contributed by atoms with E-state index in [4.69, 9.17) is 18.6 Å². The van der Waals surface area contributed by atoms with Gasteiger partial charge in [-0.3, -0.25) is 4.79 Å². The Morgan fingerprint density at radius 3 is 2.26 bits per heavy atom. The Morgan fingerprint density at radius 1 is 1.03 bits per heavy atom. The van der Waals surface area contributed by atoms with Gasteiger partial charge in [-0.05, 0) is 36.4 Å². The van der Waals surface area contributed by atoms with Crippen molar-refractivity contribution in [3.63, 3.8) is 0 Å². The SMILES string of the molecule is COc1cc(/C=N/NC(=O)CN(Cc2ccco2)S(=O)(=O)c2ccccc2)cc(OC)c1OC. The van der Waals surface area contributed by atoms with Crippen LogP contribution in [0.15, 0.2) is 75.3 Å². The number of hydrogen-bond acceptors (Lipinski definition) is 8. The predicted molar refractivity (Wildman–Crippen MR) is 125 cm³/mol. The molecule has 3 aromatic rings. The lowest BCUT2D eigenvalue weighted by atomic mass is 10.2. The molecule has 0 atom stereocenters. The van der Waals surface area contributed by atoms with Crippen molar-refractivity contribution in [1.82, 2.24) is 9.73 Å². The van der Waals surface area contributed by atoms with Crippen LogP contribution in [0.5, 0.6) is 17.2 Å². The molecule has 0 spiro atoms. The maximum Gasteiger partial charge on any atom is 0.255 e. The number of nitrogens with zero attached hydrogens (tertiary/aromatic N) is 2. The zero-order valence-corrected chi connectivity index (χ0v) is 19.7. The highest BCUT2D eigenvalue weighted by Gasteiger charge is 2.27. The van der Waals surface area contributed by atoms with Crippen molar-refractivity contribution >= 4 is 22.1 Å². The van der Waals surface area contributed by atoms with E-state index >= 15 is 0 Å². The first-order valence-electron chi connectivity index (χ1n) is 10.1. The van der Waals surface area contributed by atoms with E-state index < -0.39 is 22.5 Å². The minimum atomic E-state index is -3.96. The summed E-state index contributed by atoms with van der Waals surface area (Å²) in [6.07, 6.45) is 2.81. The van der Waals surface area contributed by atoms with Gasteiger partial charge in [-0.1, -0.05) is 18.2 Å². The number of nitrogens with one attached hydrogen (secondary N) is 1. The van der Waals surface area contributed by atoms with E-state index in [1.807, 2.05) is 0 Å². The molecule has 180 valence electrons. The van der Waals surface area contributed by atoms with Crippen LogP contribution in [0, 0.1) is 0 Å². The summed E-state index contributed by atoms with van der Waals surface area (Å²) in [5.41, 5.74) is 2.92. The number of benzene rings is 2. The lowest BCUT2D eigenvalue weighted by Crippen LogP contribution is -2.38. The predicted octanol–water partition coefficient (Wildman–Crippen LogP) is 2.65. The molecule has 0 aliphatic rings. The van der Waals surface area contributed by atoms with Gasteiger partial charge in [-0.15, -0.1) is 0 Å². The van der Waals surface area contributed by atoms with Crippen LogP contribution in [-0.4, -0.2) is 52.7 Å². The van der Waals surface area contributed by atoms with Gasteiger partial charge in [0.25, 0.3) is 5.91 Å². The molecule has 1 heterocycles. The lowest BCUT2D eigenvalue weighted by Gasteiger charge is -2.20. The molecule has 1 aromatic heterocycles. The molecular weight excluding hydrogens is 462 g/mol. The number of hydrogen-bond donors (Lipinski definition) is 1. The third-order valence-corrected chi connectivity index (χ3v) is 6.51. The Labute approximate surface area is 197 Å². The number of carbonyl (C=O) groups is 1. The third kappa shape index (κ3) is 5.94. The van der Waals surface area contributed by atoms with Crippen LogP contribution in [0.3, 0.4) is 0 Å². The zero-order valence-electron chi connectivity index (χ0n) is 18.9. The molecular formula is C23H25N3O7S. The van der Waals surface area contributed by atoms with E-state index in [-0.39, 0.29) is 11.4 Å². The third-order valence-electron chi connectivity index (χ3n) is 4.70. The largest absolute Gasteiger partial charge is 0.493 e. The molecule has 10 nitrogen and oxygen atoms in total. The molecule has 0 aliphatic carbocycles. The van der Waals surface area contributed by atoms with Crippen molar-refractivity contribution in [2.45, 2.75) is 11.4 Å². The van der Waals surface area contributed by atoms with Gasteiger partial charge in [0.05, 0.1) is 51.8 Å². The fourth-order valence-corrected chi connectivity index (χ4v) is 4.48. The summed E-state index contributed by atoms with van der Waals surface area (Å²) in [5, 5.41) is 3.93. The quantitative estimate of drug-likeness (QED) is 0.326. The summed E-state index contributed by atoms with van der Waals surface area (Å²) in [6, 6.07) is 14.4. The molecule has 1 N–H and O–H groups in total. The first-order valence-corrected chi connectivity index (χ1v) is 11.5. The molecule has 3 rings (SSSR count). The number of hydrazone groups is 1. The highest BCUT2D eigenvalue weighted by Crippen LogP contribution is 2.37. The molecule has 0 aliphatic heterocycles.